The molecule has 0 atom stereocenters. The number of amides is 1. The SMILES string of the molecule is COc1ccc(C(=O)Nc2ccc(Nc3ccccc3C(C)C)nc2)cc1. The van der Waals surface area contributed by atoms with Crippen LogP contribution < -0.4 is 15.4 Å². The Labute approximate surface area is 159 Å². The quantitative estimate of drug-likeness (QED) is 0.633. The number of carbonyl (C=O) groups excluding carboxylic acids is 1. The third kappa shape index (κ3) is 4.64. The highest BCUT2D eigenvalue weighted by Gasteiger charge is 2.08. The molecule has 2 aromatic carbocycles. The van der Waals surface area contributed by atoms with E-state index in [9.17, 15) is 4.79 Å². The van der Waals surface area contributed by atoms with Crippen LogP contribution in [0, 0.1) is 0 Å². The average Bonchev–Trinajstić information content (AvgIpc) is 2.70. The summed E-state index contributed by atoms with van der Waals surface area (Å²) in [5.41, 5.74) is 3.47. The minimum atomic E-state index is -0.190. The molecule has 0 bridgehead atoms. The fraction of sp³-hybridized carbons (Fsp3) is 0.182. The van der Waals surface area contributed by atoms with Gasteiger partial charge in [-0.1, -0.05) is 32.0 Å². The van der Waals surface area contributed by atoms with E-state index in [2.05, 4.69) is 35.5 Å². The fourth-order valence-electron chi connectivity index (χ4n) is 2.74. The van der Waals surface area contributed by atoms with Crippen molar-refractivity contribution in [2.45, 2.75) is 19.8 Å². The summed E-state index contributed by atoms with van der Waals surface area (Å²) in [5.74, 6) is 1.66. The van der Waals surface area contributed by atoms with E-state index in [1.165, 1.54) is 5.56 Å². The lowest BCUT2D eigenvalue weighted by Crippen LogP contribution is -2.12. The van der Waals surface area contributed by atoms with Crippen LogP contribution in [-0.4, -0.2) is 18.0 Å². The van der Waals surface area contributed by atoms with E-state index in [1.54, 1.807) is 37.6 Å². The Hall–Kier alpha value is -3.34. The molecule has 0 saturated carbocycles. The topological polar surface area (TPSA) is 63.2 Å². The minimum Gasteiger partial charge on any atom is -0.497 e. The van der Waals surface area contributed by atoms with Gasteiger partial charge < -0.3 is 15.4 Å². The third-order valence-electron chi connectivity index (χ3n) is 4.22. The molecule has 1 aromatic heterocycles. The van der Waals surface area contributed by atoms with Crippen molar-refractivity contribution >= 4 is 23.1 Å². The van der Waals surface area contributed by atoms with Gasteiger partial charge in [0.25, 0.3) is 5.91 Å². The number of benzene rings is 2. The molecule has 5 heteroatoms. The second-order valence-electron chi connectivity index (χ2n) is 6.48. The highest BCUT2D eigenvalue weighted by molar-refractivity contribution is 6.04. The lowest BCUT2D eigenvalue weighted by Gasteiger charge is -2.14. The molecule has 2 N–H and O–H groups in total. The zero-order valence-electron chi connectivity index (χ0n) is 15.7. The Balaban J connectivity index is 1.67. The molecule has 0 spiro atoms. The van der Waals surface area contributed by atoms with Crippen LogP contribution in [0.3, 0.4) is 0 Å². The molecule has 0 aliphatic rings. The van der Waals surface area contributed by atoms with Gasteiger partial charge in [-0.3, -0.25) is 4.79 Å². The molecule has 0 aliphatic carbocycles. The summed E-state index contributed by atoms with van der Waals surface area (Å²) in [6, 6.07) is 18.8. The fourth-order valence-corrected chi connectivity index (χ4v) is 2.74. The maximum atomic E-state index is 12.3. The molecule has 138 valence electrons. The molecule has 0 unspecified atom stereocenters. The summed E-state index contributed by atoms with van der Waals surface area (Å²) >= 11 is 0. The molecule has 27 heavy (non-hydrogen) atoms. The summed E-state index contributed by atoms with van der Waals surface area (Å²) in [4.78, 5) is 16.7. The van der Waals surface area contributed by atoms with Gasteiger partial charge in [0.1, 0.15) is 11.6 Å². The van der Waals surface area contributed by atoms with Crippen LogP contribution >= 0.6 is 0 Å². The van der Waals surface area contributed by atoms with Gasteiger partial charge in [-0.05, 0) is 53.9 Å². The van der Waals surface area contributed by atoms with E-state index in [1.807, 2.05) is 30.3 Å². The summed E-state index contributed by atoms with van der Waals surface area (Å²) in [5, 5.41) is 6.19. The van der Waals surface area contributed by atoms with Crippen LogP contribution in [0.15, 0.2) is 66.9 Å². The molecule has 0 fully saturated rings. The average molecular weight is 361 g/mol. The zero-order chi connectivity index (χ0) is 19.2. The monoisotopic (exact) mass is 361 g/mol. The van der Waals surface area contributed by atoms with Crippen molar-refractivity contribution in [1.82, 2.24) is 4.98 Å². The molecular formula is C22H23N3O2. The van der Waals surface area contributed by atoms with Crippen molar-refractivity contribution in [3.8, 4) is 5.75 Å². The number of pyridine rings is 1. The first-order valence-corrected chi connectivity index (χ1v) is 8.84. The third-order valence-corrected chi connectivity index (χ3v) is 4.22. The number of aromatic nitrogens is 1. The van der Waals surface area contributed by atoms with Crippen molar-refractivity contribution in [2.24, 2.45) is 0 Å². The van der Waals surface area contributed by atoms with Crippen molar-refractivity contribution in [3.05, 3.63) is 78.0 Å². The number of nitrogens with one attached hydrogen (secondary N) is 2. The number of hydrogen-bond acceptors (Lipinski definition) is 4. The van der Waals surface area contributed by atoms with E-state index < -0.39 is 0 Å². The lowest BCUT2D eigenvalue weighted by molar-refractivity contribution is 0.102. The molecule has 1 heterocycles. The van der Waals surface area contributed by atoms with Crippen LogP contribution in [0.1, 0.15) is 35.7 Å². The molecule has 5 nitrogen and oxygen atoms in total. The summed E-state index contributed by atoms with van der Waals surface area (Å²) in [7, 11) is 1.59. The smallest absolute Gasteiger partial charge is 0.255 e. The van der Waals surface area contributed by atoms with Gasteiger partial charge >= 0.3 is 0 Å². The number of methoxy groups -OCH3 is 1. The van der Waals surface area contributed by atoms with Gasteiger partial charge in [-0.2, -0.15) is 0 Å². The minimum absolute atomic E-state index is 0.190. The Kier molecular flexibility index (Phi) is 5.71. The molecule has 0 aliphatic heterocycles. The summed E-state index contributed by atoms with van der Waals surface area (Å²) in [6.45, 7) is 4.32. The summed E-state index contributed by atoms with van der Waals surface area (Å²) in [6.07, 6.45) is 1.64. The highest BCUT2D eigenvalue weighted by atomic mass is 16.5. The standard InChI is InChI=1S/C22H23N3O2/c1-15(2)19-6-4-5-7-20(19)25-21-13-10-17(14-23-21)24-22(26)16-8-11-18(27-3)12-9-16/h4-15H,1-3H3,(H,23,25)(H,24,26). The Morgan fingerprint density at radius 1 is 1.00 bits per heavy atom. The van der Waals surface area contributed by atoms with Crippen LogP contribution in [0.25, 0.3) is 0 Å². The van der Waals surface area contributed by atoms with E-state index in [0.717, 1.165) is 11.5 Å². The first-order valence-electron chi connectivity index (χ1n) is 8.84. The molecule has 1 amide bonds. The number of hydrogen-bond donors (Lipinski definition) is 2. The largest absolute Gasteiger partial charge is 0.497 e. The lowest BCUT2D eigenvalue weighted by atomic mass is 10.0. The van der Waals surface area contributed by atoms with Crippen LogP contribution in [0.4, 0.5) is 17.2 Å². The van der Waals surface area contributed by atoms with Gasteiger partial charge in [0.2, 0.25) is 0 Å². The van der Waals surface area contributed by atoms with Crippen LogP contribution in [0.2, 0.25) is 0 Å². The van der Waals surface area contributed by atoms with Gasteiger partial charge in [0, 0.05) is 11.3 Å². The van der Waals surface area contributed by atoms with Crippen molar-refractivity contribution in [1.29, 1.82) is 0 Å². The Morgan fingerprint density at radius 2 is 1.74 bits per heavy atom. The molecule has 0 saturated heterocycles. The van der Waals surface area contributed by atoms with Crippen molar-refractivity contribution in [2.75, 3.05) is 17.7 Å². The van der Waals surface area contributed by atoms with Gasteiger partial charge in [-0.25, -0.2) is 4.98 Å². The van der Waals surface area contributed by atoms with Gasteiger partial charge in [-0.15, -0.1) is 0 Å². The Morgan fingerprint density at radius 3 is 2.37 bits per heavy atom. The summed E-state index contributed by atoms with van der Waals surface area (Å²) < 4.78 is 5.10. The van der Waals surface area contributed by atoms with Gasteiger partial charge in [0.05, 0.1) is 19.0 Å². The van der Waals surface area contributed by atoms with Crippen LogP contribution in [-0.2, 0) is 0 Å². The first-order chi connectivity index (χ1) is 13.1. The normalized spacial score (nSPS) is 10.5. The number of para-hydroxylation sites is 1. The number of carbonyl (C=O) groups is 1. The zero-order valence-corrected chi connectivity index (χ0v) is 15.7. The van der Waals surface area contributed by atoms with Crippen molar-refractivity contribution < 1.29 is 9.53 Å². The maximum Gasteiger partial charge on any atom is 0.255 e. The number of anilines is 3. The maximum absolute atomic E-state index is 12.3. The highest BCUT2D eigenvalue weighted by Crippen LogP contribution is 2.26. The Bertz CT molecular complexity index is 904. The number of rotatable bonds is 6. The number of nitrogens with zero attached hydrogens (tertiary/aromatic N) is 1. The van der Waals surface area contributed by atoms with E-state index >= 15 is 0 Å². The molecule has 3 aromatic rings. The van der Waals surface area contributed by atoms with E-state index in [0.29, 0.717) is 22.9 Å². The predicted molar refractivity (Wildman–Crippen MR) is 109 cm³/mol. The van der Waals surface area contributed by atoms with Gasteiger partial charge in [0.15, 0.2) is 0 Å². The predicted octanol–water partition coefficient (Wildman–Crippen LogP) is 5.21. The first kappa shape index (κ1) is 18.5. The second-order valence-corrected chi connectivity index (χ2v) is 6.48. The van der Waals surface area contributed by atoms with Crippen LogP contribution in [0.5, 0.6) is 5.75 Å². The van der Waals surface area contributed by atoms with E-state index in [-0.39, 0.29) is 5.91 Å². The molecule has 0 radical (unpaired) electrons. The van der Waals surface area contributed by atoms with E-state index in [4.69, 9.17) is 4.74 Å². The second kappa shape index (κ2) is 8.36. The molecular weight excluding hydrogens is 338 g/mol. The van der Waals surface area contributed by atoms with Crippen molar-refractivity contribution in [3.63, 3.8) is 0 Å². The molecule has 3 rings (SSSR count). The number of ether oxygens (including phenoxy) is 1.